The van der Waals surface area contributed by atoms with Crippen molar-refractivity contribution in [1.29, 1.82) is 0 Å². The van der Waals surface area contributed by atoms with Crippen LogP contribution in [0.1, 0.15) is 21.5 Å². The molecule has 0 fully saturated rings. The zero-order valence-corrected chi connectivity index (χ0v) is 20.9. The Labute approximate surface area is 215 Å². The first-order valence-electron chi connectivity index (χ1n) is 11.8. The molecular formula is C28H28N4O5. The fourth-order valence-electron chi connectivity index (χ4n) is 4.30. The number of benzene rings is 3. The number of methoxy groups -OCH3 is 1. The minimum atomic E-state index is -1.15. The Morgan fingerprint density at radius 2 is 1.65 bits per heavy atom. The fourth-order valence-corrected chi connectivity index (χ4v) is 4.30. The smallest absolute Gasteiger partial charge is 0.414 e. The summed E-state index contributed by atoms with van der Waals surface area (Å²) >= 11 is 0. The van der Waals surface area contributed by atoms with Crippen molar-refractivity contribution in [3.05, 3.63) is 89.5 Å². The molecule has 9 heteroatoms. The number of ether oxygens (including phenoxy) is 1. The van der Waals surface area contributed by atoms with Gasteiger partial charge in [-0.15, -0.1) is 0 Å². The third-order valence-electron chi connectivity index (χ3n) is 6.12. The number of aryl methyl sites for hydroxylation is 2. The lowest BCUT2D eigenvalue weighted by Crippen LogP contribution is -2.54. The van der Waals surface area contributed by atoms with E-state index in [0.717, 1.165) is 11.1 Å². The first-order chi connectivity index (χ1) is 17.8. The van der Waals surface area contributed by atoms with Gasteiger partial charge in [-0.25, -0.2) is 9.59 Å². The number of nitrogens with one attached hydrogen (secondary N) is 2. The van der Waals surface area contributed by atoms with Crippen molar-refractivity contribution < 1.29 is 23.9 Å². The second kappa shape index (κ2) is 10.9. The molecule has 1 heterocycles. The highest BCUT2D eigenvalue weighted by Crippen LogP contribution is 2.33. The molecule has 0 aliphatic carbocycles. The normalized spacial score (nSPS) is 14.9. The largest absolute Gasteiger partial charge is 0.452 e. The molecule has 0 spiro atoms. The lowest BCUT2D eigenvalue weighted by Gasteiger charge is -2.25. The third-order valence-corrected chi connectivity index (χ3v) is 6.12. The van der Waals surface area contributed by atoms with Crippen LogP contribution in [0, 0.1) is 13.8 Å². The molecule has 37 heavy (non-hydrogen) atoms. The summed E-state index contributed by atoms with van der Waals surface area (Å²) in [4.78, 5) is 55.3. The summed E-state index contributed by atoms with van der Waals surface area (Å²) in [6, 6.07) is 19.3. The number of rotatable bonds is 5. The molecule has 4 rings (SSSR count). The Morgan fingerprint density at radius 1 is 0.946 bits per heavy atom. The second-order valence-electron chi connectivity index (χ2n) is 8.75. The molecule has 1 atom stereocenters. The number of Topliss-reactive ketones (excluding diaryl/α,β-unsaturated/α-hetero) is 1. The van der Waals surface area contributed by atoms with Gasteiger partial charge in [0.1, 0.15) is 6.04 Å². The number of amides is 4. The molecule has 0 saturated carbocycles. The highest BCUT2D eigenvalue weighted by Gasteiger charge is 2.38. The van der Waals surface area contributed by atoms with Crippen LogP contribution in [0.25, 0.3) is 0 Å². The van der Waals surface area contributed by atoms with Crippen LogP contribution in [-0.4, -0.2) is 50.1 Å². The van der Waals surface area contributed by atoms with Crippen molar-refractivity contribution in [2.75, 3.05) is 35.3 Å². The predicted octanol–water partition coefficient (Wildman–Crippen LogP) is 4.30. The van der Waals surface area contributed by atoms with Crippen molar-refractivity contribution in [3.8, 4) is 0 Å². The number of nitrogens with zero attached hydrogens (tertiary/aromatic N) is 2. The Bertz CT molecular complexity index is 1360. The molecule has 3 aromatic rings. The van der Waals surface area contributed by atoms with Crippen LogP contribution >= 0.6 is 0 Å². The van der Waals surface area contributed by atoms with Crippen LogP contribution in [0.5, 0.6) is 0 Å². The summed E-state index contributed by atoms with van der Waals surface area (Å²) in [5.74, 6) is -0.795. The lowest BCUT2D eigenvalue weighted by molar-refractivity contribution is -0.119. The zero-order chi connectivity index (χ0) is 26.5. The van der Waals surface area contributed by atoms with E-state index < -0.39 is 24.1 Å². The first kappa shape index (κ1) is 25.4. The van der Waals surface area contributed by atoms with Gasteiger partial charge in [0.25, 0.3) is 5.91 Å². The van der Waals surface area contributed by atoms with Crippen LogP contribution < -0.4 is 20.4 Å². The fraction of sp³-hybridized carbons (Fsp3) is 0.214. The Morgan fingerprint density at radius 3 is 2.35 bits per heavy atom. The first-order valence-corrected chi connectivity index (χ1v) is 11.8. The molecule has 9 nitrogen and oxygen atoms in total. The standard InChI is InChI=1S/C28H28N4O5/c1-18-9-8-11-20(15-18)29-27(35)30-22-16-32(28(36)37-3)24-14-7-6-13-23(24)31(26(22)34)17-25(33)21-12-5-4-10-19(21)2/h4-15,22H,16-17H2,1-3H3,(H2,29,30,35). The van der Waals surface area contributed by atoms with E-state index in [4.69, 9.17) is 4.74 Å². The maximum atomic E-state index is 13.8. The van der Waals surface area contributed by atoms with Crippen LogP contribution in [0.3, 0.4) is 0 Å². The number of ketones is 1. The summed E-state index contributed by atoms with van der Waals surface area (Å²) in [5, 5.41) is 5.39. The summed E-state index contributed by atoms with van der Waals surface area (Å²) in [7, 11) is 1.24. The van der Waals surface area contributed by atoms with Crippen LogP contribution in [0.4, 0.5) is 26.7 Å². The summed E-state index contributed by atoms with van der Waals surface area (Å²) < 4.78 is 4.96. The molecule has 0 radical (unpaired) electrons. The number of urea groups is 1. The molecule has 1 unspecified atom stereocenters. The van der Waals surface area contributed by atoms with Crippen molar-refractivity contribution in [2.45, 2.75) is 19.9 Å². The molecule has 0 bridgehead atoms. The quantitative estimate of drug-likeness (QED) is 0.508. The Kier molecular flexibility index (Phi) is 7.52. The third kappa shape index (κ3) is 5.61. The molecule has 190 valence electrons. The van der Waals surface area contributed by atoms with Gasteiger partial charge in [0, 0.05) is 11.3 Å². The number of carbonyl (C=O) groups excluding carboxylic acids is 4. The molecule has 3 aromatic carbocycles. The van der Waals surface area contributed by atoms with Crippen LogP contribution in [-0.2, 0) is 9.53 Å². The van der Waals surface area contributed by atoms with Gasteiger partial charge >= 0.3 is 12.1 Å². The Hall–Kier alpha value is -4.66. The molecule has 2 N–H and O–H groups in total. The number of para-hydroxylation sites is 2. The van der Waals surface area contributed by atoms with Crippen LogP contribution in [0.2, 0.25) is 0 Å². The summed E-state index contributed by atoms with van der Waals surface area (Å²) in [5.41, 5.74) is 3.54. The van der Waals surface area contributed by atoms with Gasteiger partial charge in [0.05, 0.1) is 31.6 Å². The number of anilines is 3. The number of fused-ring (bicyclic) bond motifs is 1. The van der Waals surface area contributed by atoms with Gasteiger partial charge in [0.2, 0.25) is 0 Å². The van der Waals surface area contributed by atoms with Crippen LogP contribution in [0.15, 0.2) is 72.8 Å². The van der Waals surface area contributed by atoms with E-state index in [1.165, 1.54) is 16.9 Å². The lowest BCUT2D eigenvalue weighted by atomic mass is 10.0. The van der Waals surface area contributed by atoms with Gasteiger partial charge in [-0.05, 0) is 49.2 Å². The topological polar surface area (TPSA) is 108 Å². The van der Waals surface area contributed by atoms with E-state index in [9.17, 15) is 19.2 Å². The van der Waals surface area contributed by atoms with Crippen molar-refractivity contribution in [2.24, 2.45) is 0 Å². The highest BCUT2D eigenvalue weighted by molar-refractivity contribution is 6.12. The maximum absolute atomic E-state index is 13.8. The minimum absolute atomic E-state index is 0.182. The molecule has 0 saturated heterocycles. The van der Waals surface area contributed by atoms with E-state index in [1.807, 2.05) is 32.0 Å². The van der Waals surface area contributed by atoms with E-state index >= 15 is 0 Å². The van der Waals surface area contributed by atoms with E-state index in [-0.39, 0.29) is 18.9 Å². The van der Waals surface area contributed by atoms with Gasteiger partial charge in [-0.1, -0.05) is 48.5 Å². The number of hydrogen-bond acceptors (Lipinski definition) is 5. The van der Waals surface area contributed by atoms with Crippen molar-refractivity contribution in [1.82, 2.24) is 5.32 Å². The molecule has 1 aliphatic heterocycles. The molecule has 0 aromatic heterocycles. The van der Waals surface area contributed by atoms with Crippen molar-refractivity contribution in [3.63, 3.8) is 0 Å². The molecular weight excluding hydrogens is 472 g/mol. The van der Waals surface area contributed by atoms with Gasteiger partial charge < -0.3 is 20.3 Å². The van der Waals surface area contributed by atoms with Gasteiger partial charge in [0.15, 0.2) is 5.78 Å². The van der Waals surface area contributed by atoms with Crippen molar-refractivity contribution >= 4 is 40.9 Å². The second-order valence-corrected chi connectivity index (χ2v) is 8.75. The van der Waals surface area contributed by atoms with E-state index in [2.05, 4.69) is 10.6 Å². The average Bonchev–Trinajstić information content (AvgIpc) is 2.99. The average molecular weight is 501 g/mol. The zero-order valence-electron chi connectivity index (χ0n) is 20.9. The number of carbonyl (C=O) groups is 4. The summed E-state index contributed by atoms with van der Waals surface area (Å²) in [6.45, 7) is 3.27. The van der Waals surface area contributed by atoms with E-state index in [1.54, 1.807) is 54.6 Å². The van der Waals surface area contributed by atoms with Gasteiger partial charge in [-0.3, -0.25) is 14.5 Å². The summed E-state index contributed by atoms with van der Waals surface area (Å²) in [6.07, 6.45) is -0.696. The SMILES string of the molecule is COC(=O)N1CC(NC(=O)Nc2cccc(C)c2)C(=O)N(CC(=O)c2ccccc2C)c2ccccc21. The molecule has 4 amide bonds. The Balaban J connectivity index is 1.68. The highest BCUT2D eigenvalue weighted by atomic mass is 16.5. The molecule has 1 aliphatic rings. The van der Waals surface area contributed by atoms with E-state index in [0.29, 0.717) is 22.6 Å². The minimum Gasteiger partial charge on any atom is -0.452 e. The predicted molar refractivity (Wildman–Crippen MR) is 141 cm³/mol. The number of hydrogen-bond donors (Lipinski definition) is 2. The van der Waals surface area contributed by atoms with Gasteiger partial charge in [-0.2, -0.15) is 0 Å². The maximum Gasteiger partial charge on any atom is 0.414 e. The monoisotopic (exact) mass is 500 g/mol.